The van der Waals surface area contributed by atoms with Crippen LogP contribution >= 0.6 is 0 Å². The second-order valence-electron chi connectivity index (χ2n) is 12.2. The zero-order valence-electron chi connectivity index (χ0n) is 25.8. The molecule has 4 aromatic rings. The Labute approximate surface area is 264 Å². The summed E-state index contributed by atoms with van der Waals surface area (Å²) in [5.41, 5.74) is 6.47. The van der Waals surface area contributed by atoms with Crippen molar-refractivity contribution in [1.29, 1.82) is 0 Å². The standard InChI is InChI=1S/C37H39N3O5/c1-37(2,3)45-36(43)39-27-19-17-26(18-20-27)23-38-34(41)22-28(21-25-11-5-4-6-12-25)40-35(42)44-24-33-31-15-9-7-13-29(31)30-14-8-10-16-32(30)33/h4-20,28,33H,21-24H2,1-3H3,(H,38,41)(H,39,43)(H,40,42)/t28-/m0/s1. The van der Waals surface area contributed by atoms with E-state index >= 15 is 0 Å². The van der Waals surface area contributed by atoms with Crippen molar-refractivity contribution in [3.8, 4) is 11.1 Å². The van der Waals surface area contributed by atoms with Crippen LogP contribution < -0.4 is 16.0 Å². The first-order chi connectivity index (χ1) is 21.6. The molecule has 45 heavy (non-hydrogen) atoms. The van der Waals surface area contributed by atoms with Crippen molar-refractivity contribution < 1.29 is 23.9 Å². The molecule has 0 fully saturated rings. The number of fused-ring (bicyclic) bond motifs is 3. The number of hydrogen-bond donors (Lipinski definition) is 3. The summed E-state index contributed by atoms with van der Waals surface area (Å²) in [5.74, 6) is -0.254. The van der Waals surface area contributed by atoms with Gasteiger partial charge in [-0.15, -0.1) is 0 Å². The Hall–Kier alpha value is -5.11. The van der Waals surface area contributed by atoms with Gasteiger partial charge in [0.1, 0.15) is 12.2 Å². The van der Waals surface area contributed by atoms with Crippen LogP contribution in [0.3, 0.4) is 0 Å². The smallest absolute Gasteiger partial charge is 0.412 e. The second-order valence-corrected chi connectivity index (χ2v) is 12.2. The molecule has 1 atom stereocenters. The Morgan fingerprint density at radius 1 is 0.733 bits per heavy atom. The van der Waals surface area contributed by atoms with E-state index in [1.54, 1.807) is 32.9 Å². The number of alkyl carbamates (subject to hydrolysis) is 1. The molecule has 1 aliphatic carbocycles. The van der Waals surface area contributed by atoms with Gasteiger partial charge in [0.25, 0.3) is 0 Å². The van der Waals surface area contributed by atoms with Crippen molar-refractivity contribution in [1.82, 2.24) is 10.6 Å². The number of amides is 3. The first-order valence-electron chi connectivity index (χ1n) is 15.2. The third-order valence-electron chi connectivity index (χ3n) is 7.51. The van der Waals surface area contributed by atoms with Crippen molar-refractivity contribution in [2.24, 2.45) is 0 Å². The molecular weight excluding hydrogens is 566 g/mol. The van der Waals surface area contributed by atoms with E-state index in [4.69, 9.17) is 9.47 Å². The van der Waals surface area contributed by atoms with Gasteiger partial charge in [-0.3, -0.25) is 10.1 Å². The number of rotatable bonds is 10. The summed E-state index contributed by atoms with van der Waals surface area (Å²) in [4.78, 5) is 38.1. The van der Waals surface area contributed by atoms with Gasteiger partial charge >= 0.3 is 12.2 Å². The van der Waals surface area contributed by atoms with Crippen LogP contribution in [0.25, 0.3) is 11.1 Å². The summed E-state index contributed by atoms with van der Waals surface area (Å²) >= 11 is 0. The molecule has 0 bridgehead atoms. The number of hydrogen-bond acceptors (Lipinski definition) is 5. The molecule has 3 N–H and O–H groups in total. The van der Waals surface area contributed by atoms with Crippen LogP contribution in [0.4, 0.5) is 15.3 Å². The zero-order valence-corrected chi connectivity index (χ0v) is 25.8. The predicted octanol–water partition coefficient (Wildman–Crippen LogP) is 7.19. The first kappa shape index (κ1) is 31.3. The van der Waals surface area contributed by atoms with Crippen molar-refractivity contribution in [3.63, 3.8) is 0 Å². The van der Waals surface area contributed by atoms with Gasteiger partial charge in [0.2, 0.25) is 5.91 Å². The van der Waals surface area contributed by atoms with Crippen molar-refractivity contribution >= 4 is 23.8 Å². The van der Waals surface area contributed by atoms with Gasteiger partial charge in [-0.25, -0.2) is 9.59 Å². The molecule has 8 nitrogen and oxygen atoms in total. The number of carbonyl (C=O) groups is 3. The van der Waals surface area contributed by atoms with Crippen molar-refractivity contribution in [2.75, 3.05) is 11.9 Å². The molecular formula is C37H39N3O5. The number of ether oxygens (including phenoxy) is 2. The maximum absolute atomic E-state index is 13.1. The normalized spacial score (nSPS) is 12.8. The lowest BCUT2D eigenvalue weighted by atomic mass is 9.98. The van der Waals surface area contributed by atoms with Gasteiger partial charge in [-0.1, -0.05) is 91.0 Å². The van der Waals surface area contributed by atoms with Gasteiger partial charge in [-0.2, -0.15) is 0 Å². The quantitative estimate of drug-likeness (QED) is 0.177. The van der Waals surface area contributed by atoms with E-state index < -0.39 is 23.8 Å². The minimum absolute atomic E-state index is 0.0512. The van der Waals surface area contributed by atoms with Crippen LogP contribution in [0.2, 0.25) is 0 Å². The van der Waals surface area contributed by atoms with Crippen LogP contribution in [0, 0.1) is 0 Å². The minimum atomic E-state index is -0.591. The monoisotopic (exact) mass is 605 g/mol. The summed E-state index contributed by atoms with van der Waals surface area (Å²) < 4.78 is 11.0. The van der Waals surface area contributed by atoms with Crippen molar-refractivity contribution in [3.05, 3.63) is 125 Å². The van der Waals surface area contributed by atoms with Gasteiger partial charge in [0.15, 0.2) is 0 Å². The average Bonchev–Trinajstić information content (AvgIpc) is 3.33. The molecule has 0 aromatic heterocycles. The Kier molecular flexibility index (Phi) is 9.82. The first-order valence-corrected chi connectivity index (χ1v) is 15.2. The Bertz CT molecular complexity index is 1580. The van der Waals surface area contributed by atoms with Crippen LogP contribution in [-0.2, 0) is 27.2 Å². The highest BCUT2D eigenvalue weighted by atomic mass is 16.6. The number of carbonyl (C=O) groups excluding carboxylic acids is 3. The molecule has 5 rings (SSSR count). The summed E-state index contributed by atoms with van der Waals surface area (Å²) in [6, 6.07) is 32.8. The lowest BCUT2D eigenvalue weighted by molar-refractivity contribution is -0.121. The zero-order chi connectivity index (χ0) is 31.8. The molecule has 0 saturated carbocycles. The maximum Gasteiger partial charge on any atom is 0.412 e. The fourth-order valence-corrected chi connectivity index (χ4v) is 5.50. The molecule has 0 aliphatic heterocycles. The van der Waals surface area contributed by atoms with Gasteiger partial charge in [0.05, 0.1) is 0 Å². The van der Waals surface area contributed by atoms with Gasteiger partial charge in [0, 0.05) is 30.6 Å². The van der Waals surface area contributed by atoms with Crippen LogP contribution in [0.1, 0.15) is 55.4 Å². The summed E-state index contributed by atoms with van der Waals surface area (Å²) in [6.07, 6.45) is -0.531. The lowest BCUT2D eigenvalue weighted by Crippen LogP contribution is -2.41. The van der Waals surface area contributed by atoms with Crippen molar-refractivity contribution in [2.45, 2.75) is 57.7 Å². The Balaban J connectivity index is 1.16. The molecule has 8 heteroatoms. The van der Waals surface area contributed by atoms with Crippen LogP contribution in [0.5, 0.6) is 0 Å². The minimum Gasteiger partial charge on any atom is -0.449 e. The highest BCUT2D eigenvalue weighted by molar-refractivity contribution is 5.85. The highest BCUT2D eigenvalue weighted by Crippen LogP contribution is 2.44. The topological polar surface area (TPSA) is 106 Å². The van der Waals surface area contributed by atoms with E-state index in [0.717, 1.165) is 33.4 Å². The predicted molar refractivity (Wildman–Crippen MR) is 175 cm³/mol. The molecule has 0 heterocycles. The summed E-state index contributed by atoms with van der Waals surface area (Å²) in [6.45, 7) is 5.90. The molecule has 0 saturated heterocycles. The van der Waals surface area contributed by atoms with E-state index in [1.807, 2.05) is 66.7 Å². The van der Waals surface area contributed by atoms with Gasteiger partial charge in [-0.05, 0) is 72.7 Å². The molecule has 3 amide bonds. The van der Waals surface area contributed by atoms with E-state index in [9.17, 15) is 14.4 Å². The third kappa shape index (κ3) is 8.72. The van der Waals surface area contributed by atoms with E-state index in [2.05, 4.69) is 40.2 Å². The molecule has 0 spiro atoms. The second kappa shape index (κ2) is 14.1. The number of benzene rings is 4. The molecule has 0 radical (unpaired) electrons. The molecule has 232 valence electrons. The lowest BCUT2D eigenvalue weighted by Gasteiger charge is -2.20. The average molecular weight is 606 g/mol. The Morgan fingerprint density at radius 2 is 1.33 bits per heavy atom. The third-order valence-corrected chi connectivity index (χ3v) is 7.51. The summed E-state index contributed by atoms with van der Waals surface area (Å²) in [7, 11) is 0. The molecule has 0 unspecified atom stereocenters. The summed E-state index contributed by atoms with van der Waals surface area (Å²) in [5, 5.41) is 8.56. The number of nitrogens with one attached hydrogen (secondary N) is 3. The van der Waals surface area contributed by atoms with Crippen LogP contribution in [0.15, 0.2) is 103 Å². The highest BCUT2D eigenvalue weighted by Gasteiger charge is 2.29. The van der Waals surface area contributed by atoms with Crippen LogP contribution in [-0.4, -0.2) is 36.3 Å². The largest absolute Gasteiger partial charge is 0.449 e. The maximum atomic E-state index is 13.1. The Morgan fingerprint density at radius 3 is 1.96 bits per heavy atom. The van der Waals surface area contributed by atoms with Gasteiger partial charge < -0.3 is 20.1 Å². The molecule has 1 aliphatic rings. The van der Waals surface area contributed by atoms with E-state index in [1.165, 1.54) is 0 Å². The fraction of sp³-hybridized carbons (Fsp3) is 0.270. The van der Waals surface area contributed by atoms with E-state index in [-0.39, 0.29) is 24.9 Å². The fourth-order valence-electron chi connectivity index (χ4n) is 5.50. The molecule has 4 aromatic carbocycles. The number of anilines is 1. The SMILES string of the molecule is CC(C)(C)OC(=O)Nc1ccc(CNC(=O)C[C@H](Cc2ccccc2)NC(=O)OCC2c3ccccc3-c3ccccc32)cc1. The van der Waals surface area contributed by atoms with E-state index in [0.29, 0.717) is 18.7 Å².